The Hall–Kier alpha value is -0.770. The molecule has 2 N–H and O–H groups in total. The van der Waals surface area contributed by atoms with Gasteiger partial charge in [-0.2, -0.15) is 0 Å². The number of hydrogen-bond donors (Lipinski definition) is 2. The lowest BCUT2D eigenvalue weighted by Crippen LogP contribution is -2.62. The molecule has 0 aliphatic carbocycles. The van der Waals surface area contributed by atoms with Crippen LogP contribution in [0.5, 0.6) is 0 Å². The van der Waals surface area contributed by atoms with E-state index in [1.165, 1.54) is 0 Å². The summed E-state index contributed by atoms with van der Waals surface area (Å²) in [6.45, 7) is 2.87. The van der Waals surface area contributed by atoms with Crippen LogP contribution in [0.1, 0.15) is 44.6 Å². The number of halogens is 1. The summed E-state index contributed by atoms with van der Waals surface area (Å²) >= 11 is 6.44. The molecule has 3 heterocycles. The van der Waals surface area contributed by atoms with Crippen molar-refractivity contribution in [3.8, 4) is 0 Å². The highest BCUT2D eigenvalue weighted by Crippen LogP contribution is 2.52. The van der Waals surface area contributed by atoms with Crippen molar-refractivity contribution in [2.75, 3.05) is 20.3 Å². The zero-order valence-electron chi connectivity index (χ0n) is 18.8. The Morgan fingerprint density at radius 2 is 1.94 bits per heavy atom. The number of rotatable bonds is 7. The third kappa shape index (κ3) is 5.00. The summed E-state index contributed by atoms with van der Waals surface area (Å²) in [5, 5.41) is 20.1. The fraction of sp³-hybridized carbons (Fsp3) is 0.750. The van der Waals surface area contributed by atoms with Crippen LogP contribution < -0.4 is 0 Å². The van der Waals surface area contributed by atoms with E-state index in [4.69, 9.17) is 35.3 Å². The van der Waals surface area contributed by atoms with Crippen LogP contribution in [0.15, 0.2) is 30.3 Å². The van der Waals surface area contributed by atoms with Gasteiger partial charge in [-0.05, 0) is 18.4 Å². The molecule has 3 aliphatic rings. The molecule has 3 fully saturated rings. The van der Waals surface area contributed by atoms with Gasteiger partial charge in [0, 0.05) is 38.9 Å². The summed E-state index contributed by atoms with van der Waals surface area (Å²) in [5.41, 5.74) is 1.11. The monoisotopic (exact) mass is 470 g/mol. The number of alkyl halides is 1. The van der Waals surface area contributed by atoms with Crippen molar-refractivity contribution in [1.29, 1.82) is 0 Å². The third-order valence-corrected chi connectivity index (χ3v) is 7.63. The van der Waals surface area contributed by atoms with E-state index in [9.17, 15) is 10.2 Å². The number of hydrogen-bond acceptors (Lipinski definition) is 7. The molecule has 4 rings (SSSR count). The fourth-order valence-electron chi connectivity index (χ4n) is 5.15. The highest BCUT2D eigenvalue weighted by Gasteiger charge is 2.60. The van der Waals surface area contributed by atoms with Crippen molar-refractivity contribution in [2.24, 2.45) is 5.92 Å². The van der Waals surface area contributed by atoms with Crippen molar-refractivity contribution in [3.63, 3.8) is 0 Å². The fourth-order valence-corrected chi connectivity index (χ4v) is 5.48. The molecule has 1 aromatic rings. The first kappa shape index (κ1) is 24.4. The van der Waals surface area contributed by atoms with E-state index in [2.05, 4.69) is 6.92 Å². The van der Waals surface area contributed by atoms with Crippen LogP contribution in [0.25, 0.3) is 0 Å². The first-order chi connectivity index (χ1) is 15.4. The lowest BCUT2D eigenvalue weighted by molar-refractivity contribution is -0.414. The molecule has 2 spiro atoms. The lowest BCUT2D eigenvalue weighted by atomic mass is 9.83. The first-order valence-electron chi connectivity index (χ1n) is 11.5. The molecule has 0 radical (unpaired) electrons. The van der Waals surface area contributed by atoms with Crippen molar-refractivity contribution in [3.05, 3.63) is 35.9 Å². The van der Waals surface area contributed by atoms with Gasteiger partial charge in [-0.25, -0.2) is 0 Å². The summed E-state index contributed by atoms with van der Waals surface area (Å²) in [5.74, 6) is -1.81. The molecule has 0 amide bonds. The van der Waals surface area contributed by atoms with Crippen LogP contribution in [0.2, 0.25) is 0 Å². The van der Waals surface area contributed by atoms with Gasteiger partial charge in [0.25, 0.3) is 0 Å². The van der Waals surface area contributed by atoms with Crippen LogP contribution >= 0.6 is 11.6 Å². The minimum Gasteiger partial charge on any atom is -0.394 e. The van der Waals surface area contributed by atoms with E-state index in [1.54, 1.807) is 7.11 Å². The minimum atomic E-state index is -0.954. The average molecular weight is 471 g/mol. The van der Waals surface area contributed by atoms with E-state index < -0.39 is 29.2 Å². The molecular formula is C24H35ClO7. The molecule has 1 unspecified atom stereocenters. The number of aliphatic hydroxyl groups excluding tert-OH is 2. The van der Waals surface area contributed by atoms with Crippen LogP contribution in [0.4, 0.5) is 0 Å². The maximum atomic E-state index is 10.8. The molecule has 1 aromatic carbocycles. The molecule has 3 aliphatic heterocycles. The third-order valence-electron chi connectivity index (χ3n) is 7.07. The summed E-state index contributed by atoms with van der Waals surface area (Å²) in [6.07, 6.45) is 0.941. The summed E-state index contributed by atoms with van der Waals surface area (Å²) in [7, 11) is 1.61. The van der Waals surface area contributed by atoms with Crippen LogP contribution in [0, 0.1) is 5.92 Å². The van der Waals surface area contributed by atoms with Crippen molar-refractivity contribution >= 4 is 11.6 Å². The Morgan fingerprint density at radius 3 is 2.66 bits per heavy atom. The lowest BCUT2D eigenvalue weighted by Gasteiger charge is -2.53. The average Bonchev–Trinajstić information content (AvgIpc) is 3.11. The molecule has 0 aromatic heterocycles. The van der Waals surface area contributed by atoms with Crippen LogP contribution in [-0.4, -0.2) is 71.9 Å². The van der Waals surface area contributed by atoms with Crippen LogP contribution in [-0.2, 0) is 30.3 Å². The Morgan fingerprint density at radius 1 is 1.16 bits per heavy atom. The van der Waals surface area contributed by atoms with E-state index in [0.717, 1.165) is 12.0 Å². The van der Waals surface area contributed by atoms with Gasteiger partial charge in [0.15, 0.2) is 11.6 Å². The molecule has 0 bridgehead atoms. The number of benzene rings is 1. The number of aliphatic hydroxyl groups is 2. The van der Waals surface area contributed by atoms with E-state index in [1.807, 2.05) is 30.3 Å². The quantitative estimate of drug-likeness (QED) is 0.468. The zero-order valence-corrected chi connectivity index (χ0v) is 19.6. The Labute approximate surface area is 194 Å². The van der Waals surface area contributed by atoms with E-state index >= 15 is 0 Å². The number of ether oxygens (including phenoxy) is 5. The van der Waals surface area contributed by atoms with Crippen LogP contribution in [0.3, 0.4) is 0 Å². The Balaban J connectivity index is 1.39. The summed E-state index contributed by atoms with van der Waals surface area (Å²) in [6, 6.07) is 9.99. The van der Waals surface area contributed by atoms with Crippen molar-refractivity contribution in [1.82, 2.24) is 0 Å². The molecule has 180 valence electrons. The first-order valence-corrected chi connectivity index (χ1v) is 12.0. The maximum Gasteiger partial charge on any atom is 0.177 e. The Kier molecular flexibility index (Phi) is 7.79. The predicted octanol–water partition coefficient (Wildman–Crippen LogP) is 2.99. The molecule has 0 saturated carbocycles. The topological polar surface area (TPSA) is 86.6 Å². The van der Waals surface area contributed by atoms with Crippen molar-refractivity contribution < 1.29 is 33.9 Å². The molecule has 3 saturated heterocycles. The van der Waals surface area contributed by atoms with Gasteiger partial charge in [0.1, 0.15) is 6.10 Å². The second-order valence-corrected chi connectivity index (χ2v) is 9.78. The summed E-state index contributed by atoms with van der Waals surface area (Å²) < 4.78 is 30.5. The van der Waals surface area contributed by atoms with Gasteiger partial charge < -0.3 is 33.9 Å². The standard InChI is InChI=1S/C24H35ClO7/c1-16-8-10-23(13-20(28-2)22(25)21(14-26)30-23)32-24(16)12-18(27)19(31-24)9-11-29-15-17-6-4-3-5-7-17/h3-7,16,18-22,26-27H,8-15H2,1-2H3/t16-,18-,19-,20+,21+,22-,23+,24?/m0/s1. The van der Waals surface area contributed by atoms with Gasteiger partial charge in [-0.1, -0.05) is 37.3 Å². The van der Waals surface area contributed by atoms with Crippen molar-refractivity contribution in [2.45, 2.75) is 87.0 Å². The SMILES string of the molecule is CO[C@@H]1C[C@]2(CC[C@H](C)C3(C[C@H](O)[C@H](CCOCc4ccccc4)O3)O2)O[C@H](CO)[C@H]1Cl. The minimum absolute atomic E-state index is 0.0870. The predicted molar refractivity (Wildman–Crippen MR) is 118 cm³/mol. The van der Waals surface area contributed by atoms with E-state index in [-0.39, 0.29) is 24.7 Å². The van der Waals surface area contributed by atoms with Gasteiger partial charge in [0.2, 0.25) is 0 Å². The maximum absolute atomic E-state index is 10.8. The number of methoxy groups -OCH3 is 1. The second-order valence-electron chi connectivity index (χ2n) is 9.28. The molecule has 7 nitrogen and oxygen atoms in total. The van der Waals surface area contributed by atoms with E-state index in [0.29, 0.717) is 38.9 Å². The smallest absolute Gasteiger partial charge is 0.177 e. The molecule has 32 heavy (non-hydrogen) atoms. The highest BCUT2D eigenvalue weighted by molar-refractivity contribution is 6.21. The highest BCUT2D eigenvalue weighted by atomic mass is 35.5. The molecular weight excluding hydrogens is 436 g/mol. The van der Waals surface area contributed by atoms with Gasteiger partial charge in [-0.15, -0.1) is 11.6 Å². The normalized spacial score (nSPS) is 42.0. The molecule has 8 atom stereocenters. The largest absolute Gasteiger partial charge is 0.394 e. The zero-order chi connectivity index (χ0) is 22.8. The summed E-state index contributed by atoms with van der Waals surface area (Å²) in [4.78, 5) is 0. The van der Waals surface area contributed by atoms with Gasteiger partial charge in [-0.3, -0.25) is 0 Å². The molecule has 8 heteroatoms. The van der Waals surface area contributed by atoms with Gasteiger partial charge in [0.05, 0.1) is 36.9 Å². The van der Waals surface area contributed by atoms with Gasteiger partial charge >= 0.3 is 0 Å². The second kappa shape index (κ2) is 10.2. The Bertz CT molecular complexity index is 720.